The van der Waals surface area contributed by atoms with Gasteiger partial charge in [-0.15, -0.1) is 0 Å². The van der Waals surface area contributed by atoms with Crippen molar-refractivity contribution < 1.29 is 37.3 Å². The van der Waals surface area contributed by atoms with Gasteiger partial charge in [-0.2, -0.15) is 4.72 Å². The van der Waals surface area contributed by atoms with Crippen LogP contribution in [-0.2, 0) is 53.4 Å². The number of likely N-dealkylation sites (tertiary alicyclic amines) is 1. The summed E-state index contributed by atoms with van der Waals surface area (Å²) >= 11 is 0. The van der Waals surface area contributed by atoms with Crippen molar-refractivity contribution in [1.82, 2.24) is 14.9 Å². The largest absolute Gasteiger partial charge is 0.459 e. The van der Waals surface area contributed by atoms with Crippen LogP contribution in [-0.4, -0.2) is 67.2 Å². The van der Waals surface area contributed by atoms with E-state index in [4.69, 9.17) is 14.2 Å². The van der Waals surface area contributed by atoms with Crippen molar-refractivity contribution in [2.24, 2.45) is 5.92 Å². The van der Waals surface area contributed by atoms with Crippen molar-refractivity contribution in [2.75, 3.05) is 13.1 Å². The zero-order valence-electron chi connectivity index (χ0n) is 36.7. The van der Waals surface area contributed by atoms with Crippen LogP contribution in [0.5, 0.6) is 0 Å². The molecule has 6 atom stereocenters. The molecule has 5 aromatic carbocycles. The number of carbonyl (C=O) groups excluding carboxylic acids is 2. The first kappa shape index (κ1) is 45.8. The maximum absolute atomic E-state index is 13.9. The monoisotopic (exact) mass is 873 g/mol. The fraction of sp³-hybridized carbons (Fsp3) is 0.373. The van der Waals surface area contributed by atoms with Crippen LogP contribution in [0.2, 0.25) is 0 Å². The van der Waals surface area contributed by atoms with E-state index in [0.29, 0.717) is 6.54 Å². The highest BCUT2D eigenvalue weighted by molar-refractivity contribution is 7.89. The fourth-order valence-corrected chi connectivity index (χ4v) is 9.53. The Bertz CT molecular complexity index is 2420. The minimum absolute atomic E-state index is 0.0522. The van der Waals surface area contributed by atoms with E-state index in [1.54, 1.807) is 12.1 Å². The van der Waals surface area contributed by atoms with Gasteiger partial charge in [0.1, 0.15) is 17.7 Å². The van der Waals surface area contributed by atoms with Gasteiger partial charge in [0.05, 0.1) is 23.7 Å². The number of nitrogens with zero attached hydrogens (tertiary/aromatic N) is 1. The lowest BCUT2D eigenvalue weighted by atomic mass is 9.89. The van der Waals surface area contributed by atoms with E-state index in [1.807, 2.05) is 131 Å². The van der Waals surface area contributed by atoms with Gasteiger partial charge in [0, 0.05) is 24.6 Å². The smallest absolute Gasteiger partial charge is 0.323 e. The lowest BCUT2D eigenvalue weighted by molar-refractivity contribution is -0.276. The Morgan fingerprint density at radius 2 is 1.51 bits per heavy atom. The summed E-state index contributed by atoms with van der Waals surface area (Å²) in [7, 11) is -4.00. The molecule has 11 nitrogen and oxygen atoms in total. The van der Waals surface area contributed by atoms with Crippen LogP contribution >= 0.6 is 0 Å². The Morgan fingerprint density at radius 1 is 0.841 bits per heavy atom. The third-order valence-electron chi connectivity index (χ3n) is 11.8. The van der Waals surface area contributed by atoms with Gasteiger partial charge in [-0.25, -0.2) is 8.42 Å². The summed E-state index contributed by atoms with van der Waals surface area (Å²) in [5.41, 5.74) is 6.47. The molecule has 12 heteroatoms. The predicted molar refractivity (Wildman–Crippen MR) is 243 cm³/mol. The van der Waals surface area contributed by atoms with E-state index in [1.165, 1.54) is 12.1 Å². The summed E-state index contributed by atoms with van der Waals surface area (Å²) in [5, 5.41) is 12.7. The van der Waals surface area contributed by atoms with Crippen LogP contribution in [0.4, 0.5) is 0 Å². The van der Waals surface area contributed by atoms with Crippen LogP contribution in [0.1, 0.15) is 86.3 Å². The maximum Gasteiger partial charge on any atom is 0.323 e. The molecule has 2 fully saturated rings. The first-order valence-electron chi connectivity index (χ1n) is 21.7. The van der Waals surface area contributed by atoms with Gasteiger partial charge in [0.25, 0.3) is 0 Å². The molecule has 0 radical (unpaired) electrons. The van der Waals surface area contributed by atoms with Crippen molar-refractivity contribution in [3.05, 3.63) is 161 Å². The molecule has 332 valence electrons. The molecule has 3 N–H and O–H groups in total. The maximum atomic E-state index is 13.9. The summed E-state index contributed by atoms with van der Waals surface area (Å²) in [6.45, 7) is 11.1. The minimum atomic E-state index is -4.00. The molecule has 63 heavy (non-hydrogen) atoms. The number of aliphatic hydroxyl groups is 1. The van der Waals surface area contributed by atoms with E-state index in [-0.39, 0.29) is 54.6 Å². The SMILES string of the molecule is Cc1ccc(S(=O)(=O)N[C@H](Cc2ccccc2)C(=O)NCc2ccccc2-c2ccc([C@@H]3O[C@H](CN4CCC[C@H]4C(=O)OC(C)(C)C)[C@H](C)[C@H](c4ccc(CO)cc4)O3)cc2)cc1. The number of carbonyl (C=O) groups is 2. The number of ether oxygens (including phenoxy) is 3. The fourth-order valence-electron chi connectivity index (χ4n) is 8.33. The van der Waals surface area contributed by atoms with Crippen LogP contribution in [0.3, 0.4) is 0 Å². The highest BCUT2D eigenvalue weighted by Crippen LogP contribution is 2.43. The molecule has 2 aliphatic heterocycles. The average molecular weight is 874 g/mol. The number of aryl methyl sites for hydroxylation is 1. The number of nitrogens with one attached hydrogen (secondary N) is 2. The van der Waals surface area contributed by atoms with E-state index in [9.17, 15) is 23.1 Å². The molecule has 0 aromatic heterocycles. The molecule has 0 unspecified atom stereocenters. The first-order chi connectivity index (χ1) is 30.2. The first-order valence-corrected chi connectivity index (χ1v) is 23.2. The molecule has 0 bridgehead atoms. The Morgan fingerprint density at radius 3 is 2.19 bits per heavy atom. The van der Waals surface area contributed by atoms with Gasteiger partial charge in [-0.1, -0.05) is 128 Å². The standard InChI is InChI=1S/C51H59N3O8S/c1-34-17-27-42(28-18-34)63(58,59)53-44(30-36-12-7-6-8-13-36)48(56)52-31-41-14-9-10-15-43(41)38-23-25-40(26-24-38)50-60-46(32-54-29-11-16-45(54)49(57)62-51(3,4)5)35(2)47(61-50)39-21-19-37(33-55)20-22-39/h6-10,12-15,17-28,35,44-47,50,53,55H,11,16,29-33H2,1-5H3,(H,52,56)/t35-,44+,45-,46+,47+,50+/m0/s1. The van der Waals surface area contributed by atoms with Crippen molar-refractivity contribution in [3.63, 3.8) is 0 Å². The normalized spacial score (nSPS) is 21.1. The van der Waals surface area contributed by atoms with Gasteiger partial charge >= 0.3 is 5.97 Å². The van der Waals surface area contributed by atoms with Gasteiger partial charge in [0.15, 0.2) is 6.29 Å². The Kier molecular flexibility index (Phi) is 14.6. The average Bonchev–Trinajstić information content (AvgIpc) is 3.74. The second kappa shape index (κ2) is 20.1. The van der Waals surface area contributed by atoms with Crippen LogP contribution in [0.25, 0.3) is 11.1 Å². The van der Waals surface area contributed by atoms with Crippen molar-refractivity contribution in [3.8, 4) is 11.1 Å². The van der Waals surface area contributed by atoms with Gasteiger partial charge < -0.3 is 24.6 Å². The Hall–Kier alpha value is -5.21. The number of hydrogen-bond donors (Lipinski definition) is 3. The van der Waals surface area contributed by atoms with Crippen molar-refractivity contribution in [1.29, 1.82) is 0 Å². The minimum Gasteiger partial charge on any atom is -0.459 e. The van der Waals surface area contributed by atoms with E-state index in [0.717, 1.165) is 63.9 Å². The van der Waals surface area contributed by atoms with E-state index in [2.05, 4.69) is 21.9 Å². The summed E-state index contributed by atoms with van der Waals surface area (Å²) in [5.74, 6) is -0.716. The number of sulfonamides is 1. The molecule has 2 aliphatic rings. The lowest BCUT2D eigenvalue weighted by Crippen LogP contribution is -2.48. The Balaban J connectivity index is 1.09. The number of benzene rings is 5. The predicted octanol–water partition coefficient (Wildman–Crippen LogP) is 7.96. The second-order valence-electron chi connectivity index (χ2n) is 17.7. The second-order valence-corrected chi connectivity index (χ2v) is 19.4. The van der Waals surface area contributed by atoms with Crippen molar-refractivity contribution >= 4 is 21.9 Å². The van der Waals surface area contributed by atoms with E-state index < -0.39 is 33.9 Å². The zero-order valence-corrected chi connectivity index (χ0v) is 37.5. The molecule has 0 aliphatic carbocycles. The van der Waals surface area contributed by atoms with Gasteiger partial charge in [0.2, 0.25) is 15.9 Å². The molecule has 7 rings (SSSR count). The molecule has 2 saturated heterocycles. The Labute approximate surface area is 371 Å². The van der Waals surface area contributed by atoms with Crippen LogP contribution < -0.4 is 10.0 Å². The van der Waals surface area contributed by atoms with Gasteiger partial charge in [-0.3, -0.25) is 14.5 Å². The number of esters is 1. The van der Waals surface area contributed by atoms with E-state index >= 15 is 0 Å². The molecule has 0 spiro atoms. The number of rotatable bonds is 15. The number of aliphatic hydroxyl groups excluding tert-OH is 1. The van der Waals surface area contributed by atoms with Crippen LogP contribution in [0, 0.1) is 12.8 Å². The van der Waals surface area contributed by atoms with Crippen LogP contribution in [0.15, 0.2) is 132 Å². The van der Waals surface area contributed by atoms with Gasteiger partial charge in [-0.05, 0) is 99.0 Å². The molecule has 0 saturated carbocycles. The zero-order chi connectivity index (χ0) is 44.7. The lowest BCUT2D eigenvalue weighted by Gasteiger charge is -2.43. The quantitative estimate of drug-likeness (QED) is 0.0894. The molecular formula is C51H59N3O8S. The third kappa shape index (κ3) is 11.7. The molecule has 2 heterocycles. The molecule has 5 aromatic rings. The highest BCUT2D eigenvalue weighted by atomic mass is 32.2. The summed E-state index contributed by atoms with van der Waals surface area (Å²) in [6.07, 6.45) is 0.499. The molecular weight excluding hydrogens is 815 g/mol. The number of amides is 1. The third-order valence-corrected chi connectivity index (χ3v) is 13.3. The number of hydrogen-bond acceptors (Lipinski definition) is 9. The molecule has 1 amide bonds. The highest BCUT2D eigenvalue weighted by Gasteiger charge is 2.42. The summed E-state index contributed by atoms with van der Waals surface area (Å²) < 4.78 is 49.0. The van der Waals surface area contributed by atoms with Crippen molar-refractivity contribution in [2.45, 2.75) is 108 Å². The summed E-state index contributed by atoms with van der Waals surface area (Å²) in [6, 6.07) is 38.1. The topological polar surface area (TPSA) is 144 Å². The summed E-state index contributed by atoms with van der Waals surface area (Å²) in [4.78, 5) is 29.4.